The molecule has 5 heteroatoms. The van der Waals surface area contributed by atoms with E-state index in [0.29, 0.717) is 17.2 Å². The van der Waals surface area contributed by atoms with E-state index in [2.05, 4.69) is 4.98 Å². The summed E-state index contributed by atoms with van der Waals surface area (Å²) in [6.07, 6.45) is 1.83. The highest BCUT2D eigenvalue weighted by atomic mass is 32.2. The Labute approximate surface area is 92.3 Å². The van der Waals surface area contributed by atoms with Crippen LogP contribution < -0.4 is 0 Å². The molecule has 1 atom stereocenters. The van der Waals surface area contributed by atoms with Crippen molar-refractivity contribution in [2.45, 2.75) is 24.5 Å². The van der Waals surface area contributed by atoms with Gasteiger partial charge in [0.2, 0.25) is 0 Å². The van der Waals surface area contributed by atoms with E-state index in [1.54, 1.807) is 19.2 Å². The van der Waals surface area contributed by atoms with Gasteiger partial charge in [-0.25, -0.2) is 9.78 Å². The largest absolute Gasteiger partial charge is 0.478 e. The fraction of sp³-hybridized carbons (Fsp3) is 0.400. The van der Waals surface area contributed by atoms with Crippen LogP contribution in [0, 0.1) is 0 Å². The van der Waals surface area contributed by atoms with E-state index in [9.17, 15) is 4.79 Å². The van der Waals surface area contributed by atoms with E-state index in [1.807, 2.05) is 0 Å². The van der Waals surface area contributed by atoms with Crippen LogP contribution in [0.15, 0.2) is 23.4 Å². The molecule has 2 N–H and O–H groups in total. The minimum Gasteiger partial charge on any atom is -0.478 e. The third kappa shape index (κ3) is 3.89. The van der Waals surface area contributed by atoms with Crippen molar-refractivity contribution < 1.29 is 15.0 Å². The standard InChI is InChI=1S/C10H13NO3S/c1-7(12)4-6-15-9-8(10(13)14)3-2-5-11-9/h2-3,5,7,12H,4,6H2,1H3,(H,13,14). The van der Waals surface area contributed by atoms with Crippen LogP contribution in [-0.4, -0.2) is 33.0 Å². The first kappa shape index (κ1) is 12.0. The third-order valence-corrected chi connectivity index (χ3v) is 2.81. The molecule has 0 fully saturated rings. The number of nitrogens with zero attached hydrogens (tertiary/aromatic N) is 1. The maximum absolute atomic E-state index is 10.8. The van der Waals surface area contributed by atoms with Crippen molar-refractivity contribution >= 4 is 17.7 Å². The van der Waals surface area contributed by atoms with E-state index in [-0.39, 0.29) is 11.7 Å². The van der Waals surface area contributed by atoms with E-state index in [1.165, 1.54) is 17.8 Å². The van der Waals surface area contributed by atoms with Gasteiger partial charge in [0.25, 0.3) is 0 Å². The van der Waals surface area contributed by atoms with Crippen LogP contribution >= 0.6 is 11.8 Å². The molecule has 0 amide bonds. The number of thioether (sulfide) groups is 1. The van der Waals surface area contributed by atoms with Crippen LogP contribution in [0.25, 0.3) is 0 Å². The molecule has 0 spiro atoms. The zero-order valence-corrected chi connectivity index (χ0v) is 9.20. The molecule has 0 radical (unpaired) electrons. The van der Waals surface area contributed by atoms with Gasteiger partial charge in [-0.05, 0) is 25.5 Å². The molecule has 0 aliphatic rings. The first-order chi connectivity index (χ1) is 7.11. The second kappa shape index (κ2) is 5.72. The van der Waals surface area contributed by atoms with Crippen LogP contribution in [0.2, 0.25) is 0 Å². The molecule has 1 unspecified atom stereocenters. The lowest BCUT2D eigenvalue weighted by Gasteiger charge is -2.05. The second-order valence-electron chi connectivity index (χ2n) is 3.15. The fourth-order valence-electron chi connectivity index (χ4n) is 0.995. The minimum absolute atomic E-state index is 0.216. The van der Waals surface area contributed by atoms with Crippen LogP contribution in [0.3, 0.4) is 0 Å². The zero-order chi connectivity index (χ0) is 11.3. The summed E-state index contributed by atoms with van der Waals surface area (Å²) in [4.78, 5) is 14.8. The molecule has 0 saturated heterocycles. The summed E-state index contributed by atoms with van der Waals surface area (Å²) in [5.74, 6) is -0.308. The monoisotopic (exact) mass is 227 g/mol. The molecule has 1 aromatic rings. The lowest BCUT2D eigenvalue weighted by Crippen LogP contribution is -2.03. The predicted molar refractivity (Wildman–Crippen MR) is 58.2 cm³/mol. The summed E-state index contributed by atoms with van der Waals surface area (Å²) < 4.78 is 0. The average molecular weight is 227 g/mol. The number of carboxylic acid groups (broad SMARTS) is 1. The Hall–Kier alpha value is -1.07. The van der Waals surface area contributed by atoms with Gasteiger partial charge >= 0.3 is 5.97 Å². The van der Waals surface area contributed by atoms with Crippen molar-refractivity contribution in [1.29, 1.82) is 0 Å². The van der Waals surface area contributed by atoms with Gasteiger partial charge in [0.15, 0.2) is 0 Å². The molecule has 4 nitrogen and oxygen atoms in total. The number of aromatic nitrogens is 1. The van der Waals surface area contributed by atoms with Gasteiger partial charge in [0.1, 0.15) is 5.03 Å². The highest BCUT2D eigenvalue weighted by Gasteiger charge is 2.10. The Bertz CT molecular complexity index is 341. The molecule has 1 aromatic heterocycles. The van der Waals surface area contributed by atoms with Crippen LogP contribution in [0.4, 0.5) is 0 Å². The highest BCUT2D eigenvalue weighted by molar-refractivity contribution is 7.99. The van der Waals surface area contributed by atoms with Gasteiger partial charge in [-0.1, -0.05) is 0 Å². The van der Waals surface area contributed by atoms with Crippen molar-refractivity contribution in [3.8, 4) is 0 Å². The number of hydrogen-bond acceptors (Lipinski definition) is 4. The number of hydrogen-bond donors (Lipinski definition) is 2. The zero-order valence-electron chi connectivity index (χ0n) is 8.38. The lowest BCUT2D eigenvalue weighted by atomic mass is 10.3. The Morgan fingerprint density at radius 2 is 2.40 bits per heavy atom. The number of aliphatic hydroxyl groups excluding tert-OH is 1. The van der Waals surface area contributed by atoms with Gasteiger partial charge in [0, 0.05) is 11.9 Å². The Balaban J connectivity index is 2.63. The summed E-state index contributed by atoms with van der Waals surface area (Å²) >= 11 is 1.35. The molecule has 1 heterocycles. The summed E-state index contributed by atoms with van der Waals surface area (Å²) in [6.45, 7) is 1.71. The molecule has 0 aromatic carbocycles. The smallest absolute Gasteiger partial charge is 0.338 e. The van der Waals surface area contributed by atoms with Crippen LogP contribution in [0.1, 0.15) is 23.7 Å². The summed E-state index contributed by atoms with van der Waals surface area (Å²) in [5.41, 5.74) is 0.216. The lowest BCUT2D eigenvalue weighted by molar-refractivity contribution is 0.0692. The molecule has 82 valence electrons. The SMILES string of the molecule is CC(O)CCSc1ncccc1C(=O)O. The fourth-order valence-corrected chi connectivity index (χ4v) is 2.09. The normalized spacial score (nSPS) is 12.4. The molecular weight excluding hydrogens is 214 g/mol. The Morgan fingerprint density at radius 1 is 1.67 bits per heavy atom. The van der Waals surface area contributed by atoms with Crippen molar-refractivity contribution in [2.75, 3.05) is 5.75 Å². The van der Waals surface area contributed by atoms with Gasteiger partial charge < -0.3 is 10.2 Å². The van der Waals surface area contributed by atoms with Gasteiger partial charge in [-0.15, -0.1) is 11.8 Å². The minimum atomic E-state index is -0.970. The third-order valence-electron chi connectivity index (χ3n) is 1.78. The first-order valence-corrected chi connectivity index (χ1v) is 5.59. The van der Waals surface area contributed by atoms with Crippen molar-refractivity contribution in [3.05, 3.63) is 23.9 Å². The molecular formula is C10H13NO3S. The quantitative estimate of drug-likeness (QED) is 0.748. The number of pyridine rings is 1. The average Bonchev–Trinajstić information content (AvgIpc) is 2.17. The van der Waals surface area contributed by atoms with E-state index < -0.39 is 5.97 Å². The number of carboxylic acids is 1. The van der Waals surface area contributed by atoms with Crippen LogP contribution in [-0.2, 0) is 0 Å². The van der Waals surface area contributed by atoms with Crippen molar-refractivity contribution in [3.63, 3.8) is 0 Å². The molecule has 0 bridgehead atoms. The number of aliphatic hydroxyl groups is 1. The Morgan fingerprint density at radius 3 is 3.00 bits per heavy atom. The topological polar surface area (TPSA) is 70.4 Å². The van der Waals surface area contributed by atoms with Gasteiger partial charge in [0.05, 0.1) is 11.7 Å². The van der Waals surface area contributed by atoms with Gasteiger partial charge in [-0.2, -0.15) is 0 Å². The first-order valence-electron chi connectivity index (χ1n) is 4.60. The van der Waals surface area contributed by atoms with Crippen molar-refractivity contribution in [1.82, 2.24) is 4.98 Å². The molecule has 0 aliphatic heterocycles. The maximum Gasteiger partial charge on any atom is 0.338 e. The predicted octanol–water partition coefficient (Wildman–Crippen LogP) is 1.64. The summed E-state index contributed by atoms with van der Waals surface area (Å²) in [5, 5.41) is 18.4. The van der Waals surface area contributed by atoms with E-state index >= 15 is 0 Å². The highest BCUT2D eigenvalue weighted by Crippen LogP contribution is 2.20. The molecule has 15 heavy (non-hydrogen) atoms. The number of carbonyl (C=O) groups is 1. The molecule has 0 aliphatic carbocycles. The van der Waals surface area contributed by atoms with E-state index in [4.69, 9.17) is 10.2 Å². The summed E-state index contributed by atoms with van der Waals surface area (Å²) in [6, 6.07) is 3.13. The Kier molecular flexibility index (Phi) is 4.58. The van der Waals surface area contributed by atoms with Gasteiger partial charge in [-0.3, -0.25) is 0 Å². The summed E-state index contributed by atoms with van der Waals surface area (Å²) in [7, 11) is 0. The number of rotatable bonds is 5. The maximum atomic E-state index is 10.8. The second-order valence-corrected chi connectivity index (χ2v) is 4.23. The van der Waals surface area contributed by atoms with Crippen LogP contribution in [0.5, 0.6) is 0 Å². The number of aromatic carboxylic acids is 1. The molecule has 1 rings (SSSR count). The van der Waals surface area contributed by atoms with E-state index in [0.717, 1.165) is 0 Å². The molecule has 0 saturated carbocycles. The van der Waals surface area contributed by atoms with Crippen molar-refractivity contribution in [2.24, 2.45) is 0 Å².